The lowest BCUT2D eigenvalue weighted by Crippen LogP contribution is -2.40. The minimum atomic E-state index is 0.707. The number of benzene rings is 1. The van der Waals surface area contributed by atoms with Crippen LogP contribution in [-0.4, -0.2) is 36.1 Å². The SMILES string of the molecule is CN(Cc1nc2ccccc2s1)C1CCNCC1. The third-order valence-corrected chi connectivity index (χ3v) is 4.68. The van der Waals surface area contributed by atoms with Gasteiger partial charge >= 0.3 is 0 Å². The molecule has 2 heterocycles. The van der Waals surface area contributed by atoms with E-state index < -0.39 is 0 Å². The fourth-order valence-corrected chi connectivity index (χ4v) is 3.61. The first-order valence-corrected chi connectivity index (χ1v) is 7.40. The fraction of sp³-hybridized carbons (Fsp3) is 0.500. The molecule has 0 amide bonds. The van der Waals surface area contributed by atoms with Gasteiger partial charge in [-0.05, 0) is 45.1 Å². The molecule has 1 aliphatic rings. The average molecular weight is 261 g/mol. The molecule has 18 heavy (non-hydrogen) atoms. The standard InChI is InChI=1S/C14H19N3S/c1-17(11-6-8-15-9-7-11)10-14-16-12-4-2-3-5-13(12)18-14/h2-5,11,15H,6-10H2,1H3. The van der Waals surface area contributed by atoms with Gasteiger partial charge in [0, 0.05) is 6.04 Å². The van der Waals surface area contributed by atoms with Crippen LogP contribution in [0.15, 0.2) is 24.3 Å². The van der Waals surface area contributed by atoms with Crippen LogP contribution in [0.2, 0.25) is 0 Å². The molecule has 96 valence electrons. The van der Waals surface area contributed by atoms with Gasteiger partial charge in [-0.15, -0.1) is 11.3 Å². The van der Waals surface area contributed by atoms with Crippen molar-refractivity contribution in [2.24, 2.45) is 0 Å². The summed E-state index contributed by atoms with van der Waals surface area (Å²) in [5.74, 6) is 0. The fourth-order valence-electron chi connectivity index (χ4n) is 2.58. The molecule has 1 N–H and O–H groups in total. The molecule has 3 nitrogen and oxygen atoms in total. The highest BCUT2D eigenvalue weighted by Gasteiger charge is 2.18. The van der Waals surface area contributed by atoms with Gasteiger partial charge in [0.15, 0.2) is 0 Å². The lowest BCUT2D eigenvalue weighted by Gasteiger charge is -2.30. The Morgan fingerprint density at radius 1 is 1.33 bits per heavy atom. The molecular weight excluding hydrogens is 242 g/mol. The molecule has 2 aromatic rings. The van der Waals surface area contributed by atoms with E-state index in [4.69, 9.17) is 4.98 Å². The van der Waals surface area contributed by atoms with Crippen molar-refractivity contribution in [1.82, 2.24) is 15.2 Å². The summed E-state index contributed by atoms with van der Waals surface area (Å²) >= 11 is 1.82. The van der Waals surface area contributed by atoms with Gasteiger partial charge in [-0.3, -0.25) is 4.90 Å². The molecule has 4 heteroatoms. The number of piperidine rings is 1. The Hall–Kier alpha value is -0.970. The van der Waals surface area contributed by atoms with Gasteiger partial charge < -0.3 is 5.32 Å². The number of hydrogen-bond acceptors (Lipinski definition) is 4. The Kier molecular flexibility index (Phi) is 3.59. The second kappa shape index (κ2) is 5.34. The third-order valence-electron chi connectivity index (χ3n) is 3.65. The van der Waals surface area contributed by atoms with E-state index >= 15 is 0 Å². The van der Waals surface area contributed by atoms with Crippen LogP contribution >= 0.6 is 11.3 Å². The lowest BCUT2D eigenvalue weighted by atomic mass is 10.1. The highest BCUT2D eigenvalue weighted by atomic mass is 32.1. The van der Waals surface area contributed by atoms with Gasteiger partial charge in [-0.25, -0.2) is 4.98 Å². The van der Waals surface area contributed by atoms with Crippen molar-refractivity contribution in [1.29, 1.82) is 0 Å². The van der Waals surface area contributed by atoms with E-state index in [0.29, 0.717) is 6.04 Å². The first kappa shape index (κ1) is 12.1. The van der Waals surface area contributed by atoms with E-state index in [-0.39, 0.29) is 0 Å². The minimum absolute atomic E-state index is 0.707. The molecule has 1 fully saturated rings. The number of para-hydroxylation sites is 1. The summed E-state index contributed by atoms with van der Waals surface area (Å²) in [5, 5.41) is 4.65. The Labute approximate surface area is 112 Å². The predicted octanol–water partition coefficient (Wildman–Crippen LogP) is 2.48. The molecule has 0 saturated carbocycles. The maximum Gasteiger partial charge on any atom is 0.108 e. The molecule has 1 aromatic heterocycles. The normalized spacial score (nSPS) is 17.7. The molecule has 1 aromatic carbocycles. The molecule has 0 unspecified atom stereocenters. The van der Waals surface area contributed by atoms with Gasteiger partial charge in [0.05, 0.1) is 16.8 Å². The van der Waals surface area contributed by atoms with Crippen LogP contribution in [0.25, 0.3) is 10.2 Å². The summed E-state index contributed by atoms with van der Waals surface area (Å²) < 4.78 is 1.30. The molecule has 3 rings (SSSR count). The van der Waals surface area contributed by atoms with E-state index in [1.54, 1.807) is 0 Å². The monoisotopic (exact) mass is 261 g/mol. The summed E-state index contributed by atoms with van der Waals surface area (Å²) in [5.41, 5.74) is 1.14. The zero-order valence-electron chi connectivity index (χ0n) is 10.7. The van der Waals surface area contributed by atoms with Crippen LogP contribution in [0.1, 0.15) is 17.8 Å². The maximum atomic E-state index is 4.71. The van der Waals surface area contributed by atoms with Crippen molar-refractivity contribution in [2.75, 3.05) is 20.1 Å². The predicted molar refractivity (Wildman–Crippen MR) is 77.0 cm³/mol. The summed E-state index contributed by atoms with van der Waals surface area (Å²) in [6.45, 7) is 3.27. The van der Waals surface area contributed by atoms with Crippen LogP contribution in [0.4, 0.5) is 0 Å². The van der Waals surface area contributed by atoms with Crippen molar-refractivity contribution < 1.29 is 0 Å². The molecule has 0 aliphatic carbocycles. The molecule has 1 aliphatic heterocycles. The number of rotatable bonds is 3. The zero-order valence-corrected chi connectivity index (χ0v) is 11.5. The van der Waals surface area contributed by atoms with Crippen molar-refractivity contribution in [2.45, 2.75) is 25.4 Å². The number of nitrogens with one attached hydrogen (secondary N) is 1. The lowest BCUT2D eigenvalue weighted by molar-refractivity contribution is 0.191. The highest BCUT2D eigenvalue weighted by Crippen LogP contribution is 2.23. The third kappa shape index (κ3) is 2.55. The van der Waals surface area contributed by atoms with Gasteiger partial charge in [0.25, 0.3) is 0 Å². The van der Waals surface area contributed by atoms with Crippen LogP contribution < -0.4 is 5.32 Å². The van der Waals surface area contributed by atoms with E-state index in [0.717, 1.165) is 25.2 Å². The van der Waals surface area contributed by atoms with Gasteiger partial charge in [-0.2, -0.15) is 0 Å². The summed E-state index contributed by atoms with van der Waals surface area (Å²) in [7, 11) is 2.22. The van der Waals surface area contributed by atoms with Crippen LogP contribution in [0.5, 0.6) is 0 Å². The largest absolute Gasteiger partial charge is 0.317 e. The van der Waals surface area contributed by atoms with Crippen molar-refractivity contribution >= 4 is 21.6 Å². The number of aromatic nitrogens is 1. The van der Waals surface area contributed by atoms with Gasteiger partial charge in [0.1, 0.15) is 5.01 Å². The molecule has 1 saturated heterocycles. The molecular formula is C14H19N3S. The smallest absolute Gasteiger partial charge is 0.108 e. The quantitative estimate of drug-likeness (QED) is 0.920. The topological polar surface area (TPSA) is 28.2 Å². The Morgan fingerprint density at radius 3 is 2.89 bits per heavy atom. The minimum Gasteiger partial charge on any atom is -0.317 e. The van der Waals surface area contributed by atoms with E-state index in [1.807, 2.05) is 11.3 Å². The summed E-state index contributed by atoms with van der Waals surface area (Å²) in [4.78, 5) is 7.17. The van der Waals surface area contributed by atoms with E-state index in [2.05, 4.69) is 41.5 Å². The van der Waals surface area contributed by atoms with Crippen molar-refractivity contribution in [3.8, 4) is 0 Å². The number of fused-ring (bicyclic) bond motifs is 1. The van der Waals surface area contributed by atoms with E-state index in [1.165, 1.54) is 22.5 Å². The molecule has 0 spiro atoms. The van der Waals surface area contributed by atoms with Gasteiger partial charge in [0.2, 0.25) is 0 Å². The average Bonchev–Trinajstić information content (AvgIpc) is 2.82. The van der Waals surface area contributed by atoms with Gasteiger partial charge in [-0.1, -0.05) is 12.1 Å². The van der Waals surface area contributed by atoms with E-state index in [9.17, 15) is 0 Å². The number of nitrogens with zero attached hydrogens (tertiary/aromatic N) is 2. The first-order chi connectivity index (χ1) is 8.83. The maximum absolute atomic E-state index is 4.71. The number of thiazole rings is 1. The number of hydrogen-bond donors (Lipinski definition) is 1. The zero-order chi connectivity index (χ0) is 12.4. The second-order valence-electron chi connectivity index (χ2n) is 4.97. The van der Waals surface area contributed by atoms with Crippen LogP contribution in [0, 0.1) is 0 Å². The summed E-state index contributed by atoms with van der Waals surface area (Å²) in [6, 6.07) is 9.10. The second-order valence-corrected chi connectivity index (χ2v) is 6.09. The van der Waals surface area contributed by atoms with Crippen molar-refractivity contribution in [3.05, 3.63) is 29.3 Å². The van der Waals surface area contributed by atoms with Crippen molar-refractivity contribution in [3.63, 3.8) is 0 Å². The first-order valence-electron chi connectivity index (χ1n) is 6.58. The Balaban J connectivity index is 1.71. The summed E-state index contributed by atoms with van der Waals surface area (Å²) in [6.07, 6.45) is 2.50. The molecule has 0 atom stereocenters. The highest BCUT2D eigenvalue weighted by molar-refractivity contribution is 7.18. The Bertz CT molecular complexity index is 483. The van der Waals surface area contributed by atoms with Crippen LogP contribution in [0.3, 0.4) is 0 Å². The molecule has 0 radical (unpaired) electrons. The molecule has 0 bridgehead atoms. The van der Waals surface area contributed by atoms with Crippen LogP contribution in [-0.2, 0) is 6.54 Å². The Morgan fingerprint density at radius 2 is 2.11 bits per heavy atom.